The predicted molar refractivity (Wildman–Crippen MR) is 59.1 cm³/mol. The summed E-state index contributed by atoms with van der Waals surface area (Å²) in [7, 11) is 0. The zero-order chi connectivity index (χ0) is 9.97. The fourth-order valence-electron chi connectivity index (χ4n) is 1.62. The van der Waals surface area contributed by atoms with E-state index in [4.69, 9.17) is 5.26 Å². The van der Waals surface area contributed by atoms with Gasteiger partial charge in [-0.2, -0.15) is 5.26 Å². The molecule has 0 amide bonds. The minimum atomic E-state index is 1.01. The summed E-state index contributed by atoms with van der Waals surface area (Å²) in [5.41, 5.74) is 2.46. The Morgan fingerprint density at radius 1 is 1.50 bits per heavy atom. The van der Waals surface area contributed by atoms with Gasteiger partial charge in [0.25, 0.3) is 0 Å². The highest BCUT2D eigenvalue weighted by Gasteiger charge is 2.05. The first-order chi connectivity index (χ1) is 6.86. The summed E-state index contributed by atoms with van der Waals surface area (Å²) in [5.74, 6) is 0. The van der Waals surface area contributed by atoms with E-state index in [1.807, 2.05) is 18.3 Å². The molecule has 2 rings (SSSR count). The molecule has 0 aliphatic rings. The number of thioether (sulfide) groups is 1. The second kappa shape index (κ2) is 3.77. The molecule has 0 saturated heterocycles. The quantitative estimate of drug-likeness (QED) is 0.599. The Morgan fingerprint density at radius 2 is 2.36 bits per heavy atom. The number of aromatic nitrogens is 1. The number of aryl methyl sites for hydroxylation is 1. The smallest absolute Gasteiger partial charge is 0.138 e. The summed E-state index contributed by atoms with van der Waals surface area (Å²) < 4.78 is 0. The first-order valence-corrected chi connectivity index (χ1v) is 5.33. The summed E-state index contributed by atoms with van der Waals surface area (Å²) >= 11 is 1.20. The Hall–Kier alpha value is -1.40. The molecule has 1 aromatic carbocycles. The van der Waals surface area contributed by atoms with Crippen molar-refractivity contribution in [3.63, 3.8) is 0 Å². The van der Waals surface area contributed by atoms with Gasteiger partial charge >= 0.3 is 0 Å². The van der Waals surface area contributed by atoms with Gasteiger partial charge in [-0.3, -0.25) is 0 Å². The fraction of sp³-hybridized carbons (Fsp3) is 0.182. The Bertz CT molecular complexity index is 493. The van der Waals surface area contributed by atoms with Crippen LogP contribution in [0.15, 0.2) is 29.3 Å². The number of hydrogen-bond donors (Lipinski definition) is 1. The molecule has 3 heteroatoms. The number of rotatable bonds is 2. The van der Waals surface area contributed by atoms with Crippen LogP contribution in [0.25, 0.3) is 10.9 Å². The van der Waals surface area contributed by atoms with E-state index in [-0.39, 0.29) is 0 Å². The molecule has 0 unspecified atom stereocenters. The summed E-state index contributed by atoms with van der Waals surface area (Å²) in [5, 5.41) is 11.9. The summed E-state index contributed by atoms with van der Waals surface area (Å²) in [4.78, 5) is 4.23. The van der Waals surface area contributed by atoms with Crippen LogP contribution in [0.5, 0.6) is 0 Å². The lowest BCUT2D eigenvalue weighted by Crippen LogP contribution is -1.81. The SMILES string of the molecule is CCc1cccc2c(SC#N)c[nH]c12. The normalized spacial score (nSPS) is 10.3. The van der Waals surface area contributed by atoms with E-state index in [0.29, 0.717) is 0 Å². The van der Waals surface area contributed by atoms with Crippen LogP contribution < -0.4 is 0 Å². The van der Waals surface area contributed by atoms with Gasteiger partial charge in [0.1, 0.15) is 5.40 Å². The van der Waals surface area contributed by atoms with Gasteiger partial charge in [0.15, 0.2) is 0 Å². The van der Waals surface area contributed by atoms with Gasteiger partial charge in [-0.05, 0) is 23.7 Å². The minimum absolute atomic E-state index is 1.01. The van der Waals surface area contributed by atoms with Crippen LogP contribution in [-0.4, -0.2) is 4.98 Å². The molecule has 2 nitrogen and oxygen atoms in total. The van der Waals surface area contributed by atoms with E-state index >= 15 is 0 Å². The largest absolute Gasteiger partial charge is 0.360 e. The van der Waals surface area contributed by atoms with Crippen LogP contribution in [0, 0.1) is 10.7 Å². The maximum Gasteiger partial charge on any atom is 0.138 e. The molecule has 14 heavy (non-hydrogen) atoms. The number of nitrogens with one attached hydrogen (secondary N) is 1. The predicted octanol–water partition coefficient (Wildman–Crippen LogP) is 3.30. The van der Waals surface area contributed by atoms with Gasteiger partial charge in [0, 0.05) is 22.0 Å². The summed E-state index contributed by atoms with van der Waals surface area (Å²) in [6.45, 7) is 2.13. The standard InChI is InChI=1S/C11H10N2S/c1-2-8-4-3-5-9-10(14-7-12)6-13-11(8)9/h3-6,13H,2H2,1H3. The molecule has 1 heterocycles. The van der Waals surface area contributed by atoms with Crippen LogP contribution in [0.1, 0.15) is 12.5 Å². The van der Waals surface area contributed by atoms with Crippen molar-refractivity contribution < 1.29 is 0 Å². The number of benzene rings is 1. The molecule has 0 fully saturated rings. The van der Waals surface area contributed by atoms with Crippen LogP contribution in [-0.2, 0) is 6.42 Å². The molecule has 0 radical (unpaired) electrons. The first-order valence-electron chi connectivity index (χ1n) is 4.51. The molecule has 1 N–H and O–H groups in total. The monoisotopic (exact) mass is 202 g/mol. The number of para-hydroxylation sites is 1. The lowest BCUT2D eigenvalue weighted by atomic mass is 10.1. The minimum Gasteiger partial charge on any atom is -0.360 e. The van der Waals surface area contributed by atoms with Gasteiger partial charge in [0.2, 0.25) is 0 Å². The number of thiocyanates is 1. The van der Waals surface area contributed by atoms with Gasteiger partial charge in [-0.1, -0.05) is 25.1 Å². The molecular weight excluding hydrogens is 192 g/mol. The van der Waals surface area contributed by atoms with Crippen LogP contribution in [0.2, 0.25) is 0 Å². The van der Waals surface area contributed by atoms with Gasteiger partial charge in [0.05, 0.1) is 0 Å². The highest BCUT2D eigenvalue weighted by Crippen LogP contribution is 2.28. The Balaban J connectivity index is 2.64. The van der Waals surface area contributed by atoms with E-state index in [1.165, 1.54) is 17.3 Å². The van der Waals surface area contributed by atoms with E-state index in [1.54, 1.807) is 0 Å². The van der Waals surface area contributed by atoms with E-state index in [2.05, 4.69) is 23.4 Å². The number of aromatic amines is 1. The molecule has 0 atom stereocenters. The number of fused-ring (bicyclic) bond motifs is 1. The number of nitriles is 1. The second-order valence-corrected chi connectivity index (χ2v) is 3.87. The highest BCUT2D eigenvalue weighted by atomic mass is 32.2. The Kier molecular flexibility index (Phi) is 2.47. The molecule has 0 aliphatic heterocycles. The fourth-order valence-corrected chi connectivity index (χ4v) is 2.12. The zero-order valence-corrected chi connectivity index (χ0v) is 8.69. The average Bonchev–Trinajstić information content (AvgIpc) is 2.62. The Labute approximate surface area is 86.9 Å². The molecule has 70 valence electrons. The molecule has 1 aromatic heterocycles. The lowest BCUT2D eigenvalue weighted by molar-refractivity contribution is 1.15. The van der Waals surface area contributed by atoms with Crippen molar-refractivity contribution in [3.8, 4) is 5.40 Å². The highest BCUT2D eigenvalue weighted by molar-refractivity contribution is 8.04. The van der Waals surface area contributed by atoms with Crippen molar-refractivity contribution in [2.45, 2.75) is 18.2 Å². The maximum atomic E-state index is 8.62. The third kappa shape index (κ3) is 1.38. The number of H-pyrrole nitrogens is 1. The summed E-state index contributed by atoms with van der Waals surface area (Å²) in [6, 6.07) is 6.20. The molecule has 2 aromatic rings. The van der Waals surface area contributed by atoms with E-state index in [9.17, 15) is 0 Å². The molecule has 0 aliphatic carbocycles. The van der Waals surface area contributed by atoms with E-state index in [0.717, 1.165) is 22.2 Å². The topological polar surface area (TPSA) is 39.6 Å². The van der Waals surface area contributed by atoms with Crippen molar-refractivity contribution in [1.82, 2.24) is 4.98 Å². The number of nitrogens with zero attached hydrogens (tertiary/aromatic N) is 1. The summed E-state index contributed by atoms with van der Waals surface area (Å²) in [6.07, 6.45) is 2.91. The van der Waals surface area contributed by atoms with Gasteiger partial charge in [-0.15, -0.1) is 0 Å². The third-order valence-corrected chi connectivity index (χ3v) is 2.95. The molecular formula is C11H10N2S. The second-order valence-electron chi connectivity index (χ2n) is 3.04. The van der Waals surface area contributed by atoms with Crippen molar-refractivity contribution in [2.75, 3.05) is 0 Å². The lowest BCUT2D eigenvalue weighted by Gasteiger charge is -1.98. The maximum absolute atomic E-state index is 8.62. The average molecular weight is 202 g/mol. The van der Waals surface area contributed by atoms with Crippen LogP contribution in [0.3, 0.4) is 0 Å². The van der Waals surface area contributed by atoms with Crippen LogP contribution >= 0.6 is 11.8 Å². The first kappa shape index (κ1) is 9.17. The molecule has 0 saturated carbocycles. The zero-order valence-electron chi connectivity index (χ0n) is 7.87. The van der Waals surface area contributed by atoms with Crippen molar-refractivity contribution in [2.24, 2.45) is 0 Å². The van der Waals surface area contributed by atoms with Crippen molar-refractivity contribution in [1.29, 1.82) is 5.26 Å². The third-order valence-electron chi connectivity index (χ3n) is 2.30. The van der Waals surface area contributed by atoms with E-state index < -0.39 is 0 Å². The van der Waals surface area contributed by atoms with Crippen molar-refractivity contribution in [3.05, 3.63) is 30.0 Å². The Morgan fingerprint density at radius 3 is 3.07 bits per heavy atom. The van der Waals surface area contributed by atoms with Crippen molar-refractivity contribution >= 4 is 22.7 Å². The van der Waals surface area contributed by atoms with Gasteiger partial charge in [-0.25, -0.2) is 0 Å². The molecule has 0 bridgehead atoms. The van der Waals surface area contributed by atoms with Gasteiger partial charge < -0.3 is 4.98 Å². The van der Waals surface area contributed by atoms with Crippen LogP contribution in [0.4, 0.5) is 0 Å². The number of hydrogen-bond acceptors (Lipinski definition) is 2. The molecule has 0 spiro atoms.